The summed E-state index contributed by atoms with van der Waals surface area (Å²) in [5.41, 5.74) is -0.322. The van der Waals surface area contributed by atoms with Gasteiger partial charge in [0.1, 0.15) is 0 Å². The number of hydrogen-bond acceptors (Lipinski definition) is 6. The van der Waals surface area contributed by atoms with Crippen LogP contribution in [0.25, 0.3) is 0 Å². The molecule has 1 aromatic rings. The van der Waals surface area contributed by atoms with E-state index in [1.54, 1.807) is 6.07 Å². The highest BCUT2D eigenvalue weighted by Crippen LogP contribution is 2.60. The standard InChI is InChI=1S/C23H29FO7/c1-12-4-6-16-13(2)20(27-18-7-5-14(10-17(18)24)11-19(25)26)28-21-23(16)15(12)8-9-22(3,29-21)30-31-23/h5,7,10,12-13,15-16,20-21H,4,6,8-9,11H2,1-3H3,(H,25,26)/t12-,13-,15+,16+,20+,21-,22-,23-/m1/s1. The number of hydrogen-bond donors (Lipinski definition) is 1. The first-order chi connectivity index (χ1) is 14.7. The predicted octanol–water partition coefficient (Wildman–Crippen LogP) is 4.04. The van der Waals surface area contributed by atoms with Crippen LogP contribution in [0.1, 0.15) is 52.0 Å². The van der Waals surface area contributed by atoms with Gasteiger partial charge in [-0.25, -0.2) is 14.2 Å². The molecule has 1 spiro atoms. The van der Waals surface area contributed by atoms with Crippen molar-refractivity contribution < 1.29 is 38.3 Å². The number of rotatable bonds is 4. The van der Waals surface area contributed by atoms with Gasteiger partial charge in [-0.1, -0.05) is 19.9 Å². The van der Waals surface area contributed by atoms with Gasteiger partial charge in [0.05, 0.1) is 6.42 Å². The van der Waals surface area contributed by atoms with Crippen molar-refractivity contribution in [3.63, 3.8) is 0 Å². The van der Waals surface area contributed by atoms with Crippen molar-refractivity contribution in [3.8, 4) is 5.75 Å². The minimum atomic E-state index is -1.01. The van der Waals surface area contributed by atoms with Gasteiger partial charge in [0, 0.05) is 18.3 Å². The minimum Gasteiger partial charge on any atom is -0.481 e. The molecule has 1 aliphatic carbocycles. The number of benzene rings is 1. The van der Waals surface area contributed by atoms with E-state index < -0.39 is 35.8 Å². The van der Waals surface area contributed by atoms with Gasteiger partial charge in [-0.15, -0.1) is 0 Å². The molecule has 7 nitrogen and oxygen atoms in total. The molecular weight excluding hydrogens is 407 g/mol. The van der Waals surface area contributed by atoms with E-state index in [-0.39, 0.29) is 29.9 Å². The van der Waals surface area contributed by atoms with Crippen molar-refractivity contribution in [3.05, 3.63) is 29.6 Å². The number of carboxylic acids is 1. The van der Waals surface area contributed by atoms with Crippen LogP contribution in [0.2, 0.25) is 0 Å². The second kappa shape index (κ2) is 7.40. The molecule has 6 rings (SSSR count). The lowest BCUT2D eigenvalue weighted by Crippen LogP contribution is -2.70. The topological polar surface area (TPSA) is 83.5 Å². The minimum absolute atomic E-state index is 0.0322. The van der Waals surface area contributed by atoms with Gasteiger partial charge < -0.3 is 19.3 Å². The molecule has 4 heterocycles. The Morgan fingerprint density at radius 2 is 2.03 bits per heavy atom. The first-order valence-electron chi connectivity index (χ1n) is 11.1. The largest absolute Gasteiger partial charge is 0.481 e. The number of fused-ring (bicyclic) bond motifs is 2. The molecule has 2 bridgehead atoms. The second-order valence-electron chi connectivity index (χ2n) is 9.73. The molecule has 1 N–H and O–H groups in total. The van der Waals surface area contributed by atoms with Crippen LogP contribution in [0.4, 0.5) is 4.39 Å². The van der Waals surface area contributed by atoms with Crippen LogP contribution in [0, 0.1) is 29.5 Å². The molecule has 5 aliphatic rings. The Hall–Kier alpha value is -1.74. The van der Waals surface area contributed by atoms with E-state index in [1.165, 1.54) is 12.1 Å². The molecule has 0 amide bonds. The fraction of sp³-hybridized carbons (Fsp3) is 0.696. The fourth-order valence-electron chi connectivity index (χ4n) is 6.06. The summed E-state index contributed by atoms with van der Waals surface area (Å²) < 4.78 is 33.2. The smallest absolute Gasteiger partial charge is 0.307 e. The summed E-state index contributed by atoms with van der Waals surface area (Å²) in [6.45, 7) is 6.14. The summed E-state index contributed by atoms with van der Waals surface area (Å²) in [6.07, 6.45) is 2.01. The van der Waals surface area contributed by atoms with Crippen molar-refractivity contribution in [2.45, 2.75) is 76.8 Å². The molecule has 0 radical (unpaired) electrons. The third-order valence-corrected chi connectivity index (χ3v) is 7.69. The molecule has 8 atom stereocenters. The van der Waals surface area contributed by atoms with Crippen LogP contribution >= 0.6 is 0 Å². The van der Waals surface area contributed by atoms with Crippen molar-refractivity contribution in [2.24, 2.45) is 23.7 Å². The molecule has 4 saturated heterocycles. The van der Waals surface area contributed by atoms with Crippen LogP contribution in [0.5, 0.6) is 5.75 Å². The summed E-state index contributed by atoms with van der Waals surface area (Å²) in [4.78, 5) is 22.8. The van der Waals surface area contributed by atoms with Gasteiger partial charge in [-0.05, 0) is 55.7 Å². The monoisotopic (exact) mass is 436 g/mol. The van der Waals surface area contributed by atoms with Crippen LogP contribution in [-0.4, -0.2) is 35.0 Å². The predicted molar refractivity (Wildman–Crippen MR) is 105 cm³/mol. The summed E-state index contributed by atoms with van der Waals surface area (Å²) in [7, 11) is 0. The van der Waals surface area contributed by atoms with Gasteiger partial charge in [0.25, 0.3) is 0 Å². The number of halogens is 1. The first kappa shape index (κ1) is 21.1. The number of ether oxygens (including phenoxy) is 3. The Balaban J connectivity index is 1.43. The lowest BCUT2D eigenvalue weighted by molar-refractivity contribution is -0.575. The van der Waals surface area contributed by atoms with E-state index in [1.807, 2.05) is 13.8 Å². The average molecular weight is 436 g/mol. The lowest BCUT2D eigenvalue weighted by Gasteiger charge is -2.60. The van der Waals surface area contributed by atoms with Crippen LogP contribution < -0.4 is 4.74 Å². The van der Waals surface area contributed by atoms with Gasteiger partial charge in [0.2, 0.25) is 12.1 Å². The van der Waals surface area contributed by atoms with Crippen molar-refractivity contribution >= 4 is 5.97 Å². The molecule has 0 aromatic heterocycles. The van der Waals surface area contributed by atoms with Gasteiger partial charge in [-0.2, -0.15) is 0 Å². The third kappa shape index (κ3) is 3.35. The lowest BCUT2D eigenvalue weighted by atomic mass is 9.58. The Bertz CT molecular complexity index is 877. The highest BCUT2D eigenvalue weighted by atomic mass is 19.1. The van der Waals surface area contributed by atoms with Crippen molar-refractivity contribution in [1.82, 2.24) is 0 Å². The Morgan fingerprint density at radius 1 is 1.23 bits per heavy atom. The van der Waals surface area contributed by atoms with Crippen LogP contribution in [-0.2, 0) is 30.5 Å². The molecule has 5 fully saturated rings. The quantitative estimate of drug-likeness (QED) is 0.713. The summed E-state index contributed by atoms with van der Waals surface area (Å²) in [5.74, 6) is -1.78. The molecule has 1 saturated carbocycles. The molecule has 8 heteroatoms. The van der Waals surface area contributed by atoms with E-state index >= 15 is 0 Å². The van der Waals surface area contributed by atoms with E-state index in [0.29, 0.717) is 11.5 Å². The van der Waals surface area contributed by atoms with Gasteiger partial charge >= 0.3 is 5.97 Å². The number of carboxylic acid groups (broad SMARTS) is 1. The summed E-state index contributed by atoms with van der Waals surface area (Å²) in [6, 6.07) is 4.21. The Labute approximate surface area is 180 Å². The molecule has 31 heavy (non-hydrogen) atoms. The summed E-state index contributed by atoms with van der Waals surface area (Å²) in [5, 5.41) is 8.92. The zero-order valence-electron chi connectivity index (χ0n) is 18.0. The fourth-order valence-corrected chi connectivity index (χ4v) is 6.06. The van der Waals surface area contributed by atoms with Crippen molar-refractivity contribution in [2.75, 3.05) is 0 Å². The molecule has 4 aliphatic heterocycles. The molecular formula is C23H29FO7. The maximum atomic E-state index is 14.6. The highest BCUT2D eigenvalue weighted by Gasteiger charge is 2.69. The first-order valence-corrected chi connectivity index (χ1v) is 11.1. The Kier molecular flexibility index (Phi) is 5.04. The molecule has 1 aromatic carbocycles. The van der Waals surface area contributed by atoms with Gasteiger partial charge in [-0.3, -0.25) is 4.79 Å². The number of carbonyl (C=O) groups is 1. The van der Waals surface area contributed by atoms with Crippen molar-refractivity contribution in [1.29, 1.82) is 0 Å². The summed E-state index contributed by atoms with van der Waals surface area (Å²) >= 11 is 0. The van der Waals surface area contributed by atoms with E-state index in [4.69, 9.17) is 29.1 Å². The maximum absolute atomic E-state index is 14.6. The molecule has 170 valence electrons. The molecule has 0 unspecified atom stereocenters. The zero-order valence-corrected chi connectivity index (χ0v) is 18.0. The maximum Gasteiger partial charge on any atom is 0.307 e. The highest BCUT2D eigenvalue weighted by molar-refractivity contribution is 5.70. The normalized spacial score (nSPS) is 43.7. The van der Waals surface area contributed by atoms with Crippen LogP contribution in [0.15, 0.2) is 18.2 Å². The second-order valence-corrected chi connectivity index (χ2v) is 9.73. The SMILES string of the molecule is C[C@H]1[C@@H](Oc2ccc(CC(=O)O)cc2F)O[C@@H]2O[C@@]3(C)CC[C@H]4[C@H](C)CC[C@@H]1[C@@]24OO3. The zero-order chi connectivity index (χ0) is 22.0. The van der Waals surface area contributed by atoms with E-state index in [9.17, 15) is 9.18 Å². The van der Waals surface area contributed by atoms with Crippen LogP contribution in [0.3, 0.4) is 0 Å². The van der Waals surface area contributed by atoms with E-state index in [2.05, 4.69) is 6.92 Å². The Morgan fingerprint density at radius 3 is 2.77 bits per heavy atom. The number of aliphatic carboxylic acids is 1. The third-order valence-electron chi connectivity index (χ3n) is 7.69. The van der Waals surface area contributed by atoms with E-state index in [0.717, 1.165) is 25.7 Å². The van der Waals surface area contributed by atoms with Gasteiger partial charge in [0.15, 0.2) is 23.5 Å². The average Bonchev–Trinajstić information content (AvgIpc) is 2.93.